The first-order chi connectivity index (χ1) is 18.4. The molecule has 0 radical (unpaired) electrons. The van der Waals surface area contributed by atoms with Crippen molar-refractivity contribution in [3.63, 3.8) is 0 Å². The number of nitrogens with one attached hydrogen (secondary N) is 2. The van der Waals surface area contributed by atoms with Crippen LogP contribution < -0.4 is 10.2 Å². The number of piperidine rings is 1. The zero-order valence-corrected chi connectivity index (χ0v) is 23.3. The van der Waals surface area contributed by atoms with Crippen LogP contribution >= 0.6 is 23.2 Å². The molecule has 3 fully saturated rings. The van der Waals surface area contributed by atoms with E-state index in [1.54, 1.807) is 6.07 Å². The molecule has 2 aromatic heterocycles. The highest BCUT2D eigenvalue weighted by molar-refractivity contribution is 6.35. The molecule has 10 heteroatoms. The zero-order valence-electron chi connectivity index (χ0n) is 21.8. The maximum atomic E-state index is 8.12. The third-order valence-electron chi connectivity index (χ3n) is 8.40. The summed E-state index contributed by atoms with van der Waals surface area (Å²) in [5.74, 6) is 4.09. The minimum atomic E-state index is -0.0211. The van der Waals surface area contributed by atoms with Crippen LogP contribution in [0.15, 0.2) is 30.5 Å². The molecule has 0 amide bonds. The molecule has 0 unspecified atom stereocenters. The fraction of sp³-hybridized carbons (Fsp3) is 0.536. The van der Waals surface area contributed by atoms with E-state index >= 15 is 0 Å². The van der Waals surface area contributed by atoms with Gasteiger partial charge in [-0.15, -0.1) is 0 Å². The van der Waals surface area contributed by atoms with Crippen LogP contribution in [0.3, 0.4) is 0 Å². The zero-order chi connectivity index (χ0) is 26.8. The Bertz CT molecular complexity index is 1300. The van der Waals surface area contributed by atoms with Gasteiger partial charge in [0.05, 0.1) is 11.4 Å². The van der Waals surface area contributed by atoms with Gasteiger partial charge in [-0.3, -0.25) is 0 Å². The summed E-state index contributed by atoms with van der Waals surface area (Å²) in [4.78, 5) is 34.5. The summed E-state index contributed by atoms with van der Waals surface area (Å²) in [5.41, 5.74) is 1.85. The van der Waals surface area contributed by atoms with Gasteiger partial charge in [0.1, 0.15) is 11.5 Å². The van der Waals surface area contributed by atoms with Crippen LogP contribution in [-0.4, -0.2) is 58.2 Å². The lowest BCUT2D eigenvalue weighted by molar-refractivity contribution is -0.191. The van der Waals surface area contributed by atoms with Crippen molar-refractivity contribution in [2.75, 3.05) is 36.4 Å². The van der Waals surface area contributed by atoms with Crippen molar-refractivity contribution < 1.29 is 9.59 Å². The number of aromatic amines is 1. The molecule has 2 N–H and O–H groups in total. The molecule has 4 heterocycles. The van der Waals surface area contributed by atoms with Gasteiger partial charge in [-0.05, 0) is 80.7 Å². The monoisotopic (exact) mass is 556 g/mol. The maximum Gasteiger partial charge on any atom is 0.373 e. The number of hydrogen-bond donors (Lipinski definition) is 2. The van der Waals surface area contributed by atoms with Crippen LogP contribution in [0.4, 0.5) is 11.8 Å². The molecule has 2 aliphatic heterocycles. The van der Waals surface area contributed by atoms with E-state index < -0.39 is 0 Å². The van der Waals surface area contributed by atoms with Crippen LogP contribution in [0.5, 0.6) is 0 Å². The van der Waals surface area contributed by atoms with Gasteiger partial charge >= 0.3 is 6.15 Å². The number of carbonyl (C=O) groups excluding carboxylic acids is 2. The van der Waals surface area contributed by atoms with Gasteiger partial charge in [0.25, 0.3) is 0 Å². The molecule has 1 aliphatic carbocycles. The Kier molecular flexibility index (Phi) is 8.24. The van der Waals surface area contributed by atoms with Crippen LogP contribution in [0.2, 0.25) is 10.0 Å². The average Bonchev–Trinajstić information content (AvgIpc) is 3.31. The Morgan fingerprint density at radius 2 is 1.87 bits per heavy atom. The fourth-order valence-corrected chi connectivity index (χ4v) is 6.78. The van der Waals surface area contributed by atoms with E-state index in [9.17, 15) is 0 Å². The smallest absolute Gasteiger partial charge is 0.363 e. The van der Waals surface area contributed by atoms with Crippen LogP contribution in [-0.2, 0) is 9.59 Å². The van der Waals surface area contributed by atoms with Gasteiger partial charge in [0.2, 0.25) is 5.95 Å². The second-order valence-corrected chi connectivity index (χ2v) is 11.9. The van der Waals surface area contributed by atoms with Crippen molar-refractivity contribution in [1.82, 2.24) is 19.9 Å². The van der Waals surface area contributed by atoms with Crippen LogP contribution in [0.1, 0.15) is 51.1 Å². The molecule has 8 nitrogen and oxygen atoms in total. The number of anilines is 2. The quantitative estimate of drug-likeness (QED) is 0.396. The van der Waals surface area contributed by atoms with Gasteiger partial charge in [0.15, 0.2) is 0 Å². The van der Waals surface area contributed by atoms with E-state index in [0.717, 1.165) is 65.2 Å². The minimum Gasteiger partial charge on any atom is -0.363 e. The van der Waals surface area contributed by atoms with Crippen molar-refractivity contribution in [3.05, 3.63) is 46.1 Å². The molecule has 1 aromatic carbocycles. The molecule has 0 bridgehead atoms. The van der Waals surface area contributed by atoms with Crippen molar-refractivity contribution >= 4 is 52.2 Å². The molecule has 38 heavy (non-hydrogen) atoms. The minimum absolute atomic E-state index is 0.0211. The molecular weight excluding hydrogens is 523 g/mol. The largest absolute Gasteiger partial charge is 0.373 e. The molecule has 202 valence electrons. The topological polar surface area (TPSA) is 94.2 Å². The highest BCUT2D eigenvalue weighted by Gasteiger charge is 2.40. The third-order valence-corrected chi connectivity index (χ3v) is 8.96. The van der Waals surface area contributed by atoms with Crippen molar-refractivity contribution in [2.24, 2.45) is 17.8 Å². The number of H-pyrrole nitrogens is 1. The predicted molar refractivity (Wildman–Crippen MR) is 150 cm³/mol. The van der Waals surface area contributed by atoms with Crippen molar-refractivity contribution in [2.45, 2.75) is 51.6 Å². The van der Waals surface area contributed by atoms with Crippen LogP contribution in [0, 0.1) is 17.8 Å². The molecule has 6 rings (SSSR count). The SMILES string of the molecule is CC1CC(N2CCC[C@H](C3CN(c4nc(N[C@H](C)c5ccc(Cl)cc5Cl)c5cc[nH]c5n4)C3)C2)C1.O=C=O. The second kappa shape index (κ2) is 11.6. The number of benzene rings is 1. The van der Waals surface area contributed by atoms with Crippen molar-refractivity contribution in [3.8, 4) is 0 Å². The number of rotatable bonds is 6. The molecule has 2 atom stereocenters. The van der Waals surface area contributed by atoms with E-state index in [2.05, 4.69) is 33.9 Å². The van der Waals surface area contributed by atoms with Crippen LogP contribution in [0.25, 0.3) is 11.0 Å². The first-order valence-electron chi connectivity index (χ1n) is 13.4. The highest BCUT2D eigenvalue weighted by Crippen LogP contribution is 2.38. The molecule has 3 aromatic rings. The summed E-state index contributed by atoms with van der Waals surface area (Å²) >= 11 is 12.6. The third kappa shape index (κ3) is 5.69. The van der Waals surface area contributed by atoms with E-state index in [4.69, 9.17) is 42.8 Å². The van der Waals surface area contributed by atoms with E-state index in [0.29, 0.717) is 10.0 Å². The van der Waals surface area contributed by atoms with Gasteiger partial charge in [-0.1, -0.05) is 36.2 Å². The Balaban J connectivity index is 0.000000937. The summed E-state index contributed by atoms with van der Waals surface area (Å²) in [7, 11) is 0. The highest BCUT2D eigenvalue weighted by atomic mass is 35.5. The molecular formula is C28H34Cl2N6O2. The average molecular weight is 558 g/mol. The first-order valence-corrected chi connectivity index (χ1v) is 14.2. The molecule has 3 aliphatic rings. The number of aromatic nitrogens is 3. The van der Waals surface area contributed by atoms with Crippen molar-refractivity contribution in [1.29, 1.82) is 0 Å². The Hall–Kier alpha value is -2.64. The van der Waals surface area contributed by atoms with E-state index in [1.807, 2.05) is 24.4 Å². The lowest BCUT2D eigenvalue weighted by Crippen LogP contribution is -2.56. The number of halogens is 2. The standard InChI is InChI=1S/C27H34Cl2N6.CO2/c1-16-10-21(11-16)34-9-3-4-18(13-34)19-14-35(15-19)27-32-25-23(7-8-30-25)26(33-27)31-17(2)22-6-5-20(28)12-24(22)29;2-1-3/h5-8,12,16-19,21H,3-4,9-11,13-15H2,1-2H3,(H2,30,31,32,33);/t16?,17-,18+,21?;/m1./s1. The van der Waals surface area contributed by atoms with Gasteiger partial charge in [-0.25, -0.2) is 0 Å². The Labute approximate surface area is 233 Å². The lowest BCUT2D eigenvalue weighted by atomic mass is 9.76. The summed E-state index contributed by atoms with van der Waals surface area (Å²) in [6, 6.07) is 8.47. The Morgan fingerprint density at radius 1 is 1.11 bits per heavy atom. The summed E-state index contributed by atoms with van der Waals surface area (Å²) in [5, 5.41) is 5.85. The van der Waals surface area contributed by atoms with E-state index in [-0.39, 0.29) is 12.2 Å². The number of hydrogen-bond acceptors (Lipinski definition) is 7. The number of likely N-dealkylation sites (tertiary alicyclic amines) is 1. The lowest BCUT2D eigenvalue weighted by Gasteiger charge is -2.50. The number of nitrogens with zero attached hydrogens (tertiary/aromatic N) is 4. The van der Waals surface area contributed by atoms with Gasteiger partial charge in [-0.2, -0.15) is 19.6 Å². The second-order valence-electron chi connectivity index (χ2n) is 11.0. The maximum absolute atomic E-state index is 8.12. The number of fused-ring (bicyclic) bond motifs is 1. The summed E-state index contributed by atoms with van der Waals surface area (Å²) in [6.45, 7) is 9.14. The molecule has 1 saturated carbocycles. The van der Waals surface area contributed by atoms with Gasteiger partial charge < -0.3 is 20.1 Å². The predicted octanol–water partition coefficient (Wildman–Crippen LogP) is 5.80. The Morgan fingerprint density at radius 3 is 2.58 bits per heavy atom. The summed E-state index contributed by atoms with van der Waals surface area (Å²) in [6.07, 6.45) is 7.66. The molecule has 2 saturated heterocycles. The molecule has 0 spiro atoms. The van der Waals surface area contributed by atoms with Gasteiger partial charge in [0, 0.05) is 41.9 Å². The summed E-state index contributed by atoms with van der Waals surface area (Å²) < 4.78 is 0. The normalized spacial score (nSPS) is 24.5. The van der Waals surface area contributed by atoms with E-state index in [1.165, 1.54) is 38.8 Å². The fourth-order valence-electron chi connectivity index (χ4n) is 6.21. The first kappa shape index (κ1) is 26.9.